The van der Waals surface area contributed by atoms with Crippen LogP contribution in [0.25, 0.3) is 0 Å². The number of hydrogen-bond donors (Lipinski definition) is 1. The number of nitrogens with zero attached hydrogens (tertiary/aromatic N) is 4. The minimum atomic E-state index is 0.647. The summed E-state index contributed by atoms with van der Waals surface area (Å²) in [5.74, 6) is 0.647. The van der Waals surface area contributed by atoms with Crippen LogP contribution in [0.3, 0.4) is 0 Å². The fourth-order valence-corrected chi connectivity index (χ4v) is 1.64. The predicted molar refractivity (Wildman–Crippen MR) is 69.9 cm³/mol. The van der Waals surface area contributed by atoms with Crippen LogP contribution in [0.2, 0.25) is 0 Å². The quantitative estimate of drug-likeness (QED) is 0.837. The van der Waals surface area contributed by atoms with E-state index in [0.29, 0.717) is 12.5 Å². The molecule has 0 fully saturated rings. The molecule has 0 radical (unpaired) electrons. The number of rotatable bonds is 6. The molecule has 0 atom stereocenters. The van der Waals surface area contributed by atoms with E-state index in [0.717, 1.165) is 24.5 Å². The zero-order chi connectivity index (χ0) is 12.8. The molecular weight excluding hydrogens is 226 g/mol. The highest BCUT2D eigenvalue weighted by Crippen LogP contribution is 1.99. The van der Waals surface area contributed by atoms with Gasteiger partial charge in [-0.25, -0.2) is 4.68 Å². The van der Waals surface area contributed by atoms with Gasteiger partial charge in [-0.1, -0.05) is 25.1 Å². The molecule has 0 spiro atoms. The van der Waals surface area contributed by atoms with Crippen LogP contribution < -0.4 is 5.32 Å². The van der Waals surface area contributed by atoms with Crippen LogP contribution in [0, 0.1) is 5.92 Å². The monoisotopic (exact) mass is 245 g/mol. The Morgan fingerprint density at radius 2 is 2.17 bits per heavy atom. The Balaban J connectivity index is 1.86. The lowest BCUT2D eigenvalue weighted by molar-refractivity contribution is 0.548. The highest BCUT2D eigenvalue weighted by atomic mass is 15.4. The average Bonchev–Trinajstić information content (AvgIpc) is 2.78. The van der Waals surface area contributed by atoms with Crippen LogP contribution in [-0.2, 0) is 13.1 Å². The summed E-state index contributed by atoms with van der Waals surface area (Å²) in [5.41, 5.74) is 1.95. The summed E-state index contributed by atoms with van der Waals surface area (Å²) < 4.78 is 1.81. The van der Waals surface area contributed by atoms with E-state index < -0.39 is 0 Å². The summed E-state index contributed by atoms with van der Waals surface area (Å²) in [6.45, 7) is 6.79. The van der Waals surface area contributed by atoms with Crippen LogP contribution in [0.1, 0.15) is 25.2 Å². The first kappa shape index (κ1) is 12.7. The third kappa shape index (κ3) is 3.92. The van der Waals surface area contributed by atoms with Crippen molar-refractivity contribution in [3.63, 3.8) is 0 Å². The van der Waals surface area contributed by atoms with Crippen LogP contribution in [-0.4, -0.2) is 26.5 Å². The van der Waals surface area contributed by atoms with Gasteiger partial charge in [-0.05, 0) is 24.6 Å². The molecule has 0 aromatic carbocycles. The molecule has 5 nitrogen and oxygen atoms in total. The standard InChI is InChI=1S/C13H19N5/c1-11(2)7-14-8-13-10-18(17-16-13)9-12-5-3-4-6-15-12/h3-6,10-11,14H,7-9H2,1-2H3. The van der Waals surface area contributed by atoms with Crippen LogP contribution in [0.4, 0.5) is 0 Å². The van der Waals surface area contributed by atoms with Crippen molar-refractivity contribution < 1.29 is 0 Å². The predicted octanol–water partition coefficient (Wildman–Crippen LogP) is 1.47. The van der Waals surface area contributed by atoms with Gasteiger partial charge in [-0.2, -0.15) is 0 Å². The Hall–Kier alpha value is -1.75. The van der Waals surface area contributed by atoms with Crippen LogP contribution in [0.15, 0.2) is 30.6 Å². The molecule has 2 heterocycles. The minimum absolute atomic E-state index is 0.647. The molecule has 1 N–H and O–H groups in total. The topological polar surface area (TPSA) is 55.6 Å². The zero-order valence-corrected chi connectivity index (χ0v) is 10.9. The van der Waals surface area contributed by atoms with E-state index in [-0.39, 0.29) is 0 Å². The van der Waals surface area contributed by atoms with Gasteiger partial charge in [0.15, 0.2) is 0 Å². The Bertz CT molecular complexity index is 463. The summed E-state index contributed by atoms with van der Waals surface area (Å²) >= 11 is 0. The van der Waals surface area contributed by atoms with Crippen molar-refractivity contribution in [1.29, 1.82) is 0 Å². The van der Waals surface area contributed by atoms with Gasteiger partial charge in [0, 0.05) is 12.7 Å². The van der Waals surface area contributed by atoms with Crippen molar-refractivity contribution in [1.82, 2.24) is 25.3 Å². The summed E-state index contributed by atoms with van der Waals surface area (Å²) in [6.07, 6.45) is 3.75. The van der Waals surface area contributed by atoms with E-state index in [9.17, 15) is 0 Å². The van der Waals surface area contributed by atoms with Crippen molar-refractivity contribution in [3.8, 4) is 0 Å². The van der Waals surface area contributed by atoms with Crippen molar-refractivity contribution in [2.45, 2.75) is 26.9 Å². The van der Waals surface area contributed by atoms with Gasteiger partial charge in [0.1, 0.15) is 0 Å². The van der Waals surface area contributed by atoms with Gasteiger partial charge in [0.25, 0.3) is 0 Å². The van der Waals surface area contributed by atoms with Crippen LogP contribution >= 0.6 is 0 Å². The molecule has 2 aromatic rings. The van der Waals surface area contributed by atoms with Crippen LogP contribution in [0.5, 0.6) is 0 Å². The lowest BCUT2D eigenvalue weighted by Crippen LogP contribution is -2.19. The summed E-state index contributed by atoms with van der Waals surface area (Å²) in [4.78, 5) is 4.26. The van der Waals surface area contributed by atoms with Gasteiger partial charge < -0.3 is 5.32 Å². The maximum Gasteiger partial charge on any atom is 0.0964 e. The number of hydrogen-bond acceptors (Lipinski definition) is 4. The summed E-state index contributed by atoms with van der Waals surface area (Å²) in [5, 5.41) is 11.6. The average molecular weight is 245 g/mol. The molecule has 2 rings (SSSR count). The van der Waals surface area contributed by atoms with Gasteiger partial charge in [0.05, 0.1) is 24.1 Å². The van der Waals surface area contributed by atoms with Crippen molar-refractivity contribution in [3.05, 3.63) is 42.0 Å². The Morgan fingerprint density at radius 3 is 2.89 bits per heavy atom. The van der Waals surface area contributed by atoms with Gasteiger partial charge in [-0.3, -0.25) is 4.98 Å². The molecular formula is C13H19N5. The molecule has 0 saturated heterocycles. The molecule has 0 unspecified atom stereocenters. The maximum atomic E-state index is 4.26. The van der Waals surface area contributed by atoms with E-state index in [4.69, 9.17) is 0 Å². The van der Waals surface area contributed by atoms with E-state index >= 15 is 0 Å². The number of pyridine rings is 1. The fourth-order valence-electron chi connectivity index (χ4n) is 1.64. The summed E-state index contributed by atoms with van der Waals surface area (Å²) in [6, 6.07) is 5.87. The molecule has 0 amide bonds. The molecule has 18 heavy (non-hydrogen) atoms. The number of nitrogens with one attached hydrogen (secondary N) is 1. The number of aromatic nitrogens is 4. The van der Waals surface area contributed by atoms with Crippen molar-refractivity contribution in [2.75, 3.05) is 6.54 Å². The van der Waals surface area contributed by atoms with E-state index in [1.165, 1.54) is 0 Å². The largest absolute Gasteiger partial charge is 0.311 e. The van der Waals surface area contributed by atoms with Crippen molar-refractivity contribution in [2.24, 2.45) is 5.92 Å². The second kappa shape index (κ2) is 6.26. The molecule has 5 heteroatoms. The van der Waals surface area contributed by atoms with E-state index in [1.54, 1.807) is 6.20 Å². The van der Waals surface area contributed by atoms with Gasteiger partial charge in [0.2, 0.25) is 0 Å². The Morgan fingerprint density at radius 1 is 1.28 bits per heavy atom. The Kier molecular flexibility index (Phi) is 4.41. The first-order valence-corrected chi connectivity index (χ1v) is 6.23. The highest BCUT2D eigenvalue weighted by molar-refractivity contribution is 5.04. The molecule has 0 bridgehead atoms. The van der Waals surface area contributed by atoms with Crippen molar-refractivity contribution >= 4 is 0 Å². The second-order valence-corrected chi connectivity index (χ2v) is 4.75. The maximum absolute atomic E-state index is 4.26. The molecule has 0 saturated carbocycles. The highest BCUT2D eigenvalue weighted by Gasteiger charge is 2.02. The zero-order valence-electron chi connectivity index (χ0n) is 10.9. The molecule has 96 valence electrons. The summed E-state index contributed by atoms with van der Waals surface area (Å²) in [7, 11) is 0. The Labute approximate surface area is 107 Å². The molecule has 0 aliphatic heterocycles. The SMILES string of the molecule is CC(C)CNCc1cn(Cc2ccccn2)nn1. The molecule has 2 aromatic heterocycles. The molecule has 0 aliphatic rings. The molecule has 0 aliphatic carbocycles. The third-order valence-corrected chi connectivity index (χ3v) is 2.49. The van der Waals surface area contributed by atoms with Gasteiger partial charge >= 0.3 is 0 Å². The lowest BCUT2D eigenvalue weighted by atomic mass is 10.2. The first-order chi connectivity index (χ1) is 8.74. The van der Waals surface area contributed by atoms with E-state index in [2.05, 4.69) is 34.5 Å². The third-order valence-electron chi connectivity index (χ3n) is 2.49. The smallest absolute Gasteiger partial charge is 0.0964 e. The lowest BCUT2D eigenvalue weighted by Gasteiger charge is -2.04. The fraction of sp³-hybridized carbons (Fsp3) is 0.462. The normalized spacial score (nSPS) is 11.1. The first-order valence-electron chi connectivity index (χ1n) is 6.23. The van der Waals surface area contributed by atoms with E-state index in [1.807, 2.05) is 29.1 Å². The minimum Gasteiger partial charge on any atom is -0.311 e. The van der Waals surface area contributed by atoms with Gasteiger partial charge in [-0.15, -0.1) is 5.10 Å². The second-order valence-electron chi connectivity index (χ2n) is 4.75.